The van der Waals surface area contributed by atoms with Gasteiger partial charge in [0.1, 0.15) is 11.4 Å². The van der Waals surface area contributed by atoms with Gasteiger partial charge in [0.25, 0.3) is 0 Å². The highest BCUT2D eigenvalue weighted by Crippen LogP contribution is 2.20. The molecule has 4 aromatic rings. The van der Waals surface area contributed by atoms with Crippen LogP contribution in [-0.2, 0) is 22.3 Å². The zero-order valence-electron chi connectivity index (χ0n) is 13.6. The molecular weight excluding hydrogens is 354 g/mol. The number of hydrogen-bond acceptors (Lipinski definition) is 6. The van der Waals surface area contributed by atoms with Crippen molar-refractivity contribution in [3.63, 3.8) is 0 Å². The molecule has 1 N–H and O–H groups in total. The van der Waals surface area contributed by atoms with Gasteiger partial charge in [0.05, 0.1) is 18.2 Å². The molecule has 0 saturated carbocycles. The quantitative estimate of drug-likeness (QED) is 0.561. The number of para-hydroxylation sites is 1. The molecule has 0 aliphatic heterocycles. The van der Waals surface area contributed by atoms with Gasteiger partial charge in [-0.2, -0.15) is 0 Å². The molecule has 0 unspecified atom stereocenters. The Labute approximate surface area is 149 Å². The van der Waals surface area contributed by atoms with Crippen LogP contribution in [0, 0.1) is 0 Å². The molecule has 0 spiro atoms. The third-order valence-corrected chi connectivity index (χ3v) is 5.15. The van der Waals surface area contributed by atoms with Crippen LogP contribution in [0.3, 0.4) is 0 Å². The summed E-state index contributed by atoms with van der Waals surface area (Å²) in [6, 6.07) is 12.6. The zero-order chi connectivity index (χ0) is 18.0. The van der Waals surface area contributed by atoms with Gasteiger partial charge < -0.3 is 8.94 Å². The van der Waals surface area contributed by atoms with Crippen molar-refractivity contribution in [1.82, 2.24) is 14.9 Å². The highest BCUT2D eigenvalue weighted by molar-refractivity contribution is 7.88. The molecule has 26 heavy (non-hydrogen) atoms. The fourth-order valence-corrected chi connectivity index (χ4v) is 3.63. The number of hydrogen-bond donors (Lipinski definition) is 1. The molecule has 0 aliphatic rings. The first-order chi connectivity index (χ1) is 12.6. The van der Waals surface area contributed by atoms with Gasteiger partial charge in [0.15, 0.2) is 5.58 Å². The van der Waals surface area contributed by atoms with Crippen molar-refractivity contribution in [1.29, 1.82) is 0 Å². The van der Waals surface area contributed by atoms with E-state index in [1.807, 2.05) is 30.3 Å². The lowest BCUT2D eigenvalue weighted by Crippen LogP contribution is -2.25. The largest absolute Gasteiger partial charge is 0.472 e. The first kappa shape index (κ1) is 16.5. The van der Waals surface area contributed by atoms with E-state index in [2.05, 4.69) is 14.9 Å². The molecule has 0 aliphatic carbocycles. The number of sulfonamides is 1. The topological polar surface area (TPSA) is 98.2 Å². The molecule has 0 fully saturated rings. The van der Waals surface area contributed by atoms with Gasteiger partial charge in [-0.3, -0.25) is 4.98 Å². The number of aromatic nitrogens is 2. The summed E-state index contributed by atoms with van der Waals surface area (Å²) in [7, 11) is -3.56. The summed E-state index contributed by atoms with van der Waals surface area (Å²) in [5.74, 6) is -0.245. The highest BCUT2D eigenvalue weighted by Gasteiger charge is 2.17. The number of nitrogens with zero attached hydrogens (tertiary/aromatic N) is 2. The minimum Gasteiger partial charge on any atom is -0.472 e. The lowest BCUT2D eigenvalue weighted by Gasteiger charge is -2.06. The SMILES string of the molecule is O=S(=O)(Cc1noc2ccccc12)NCc1ccc(-c2ccoc2)nc1. The van der Waals surface area contributed by atoms with E-state index in [4.69, 9.17) is 8.94 Å². The van der Waals surface area contributed by atoms with Crippen molar-refractivity contribution in [2.45, 2.75) is 12.3 Å². The van der Waals surface area contributed by atoms with Crippen molar-refractivity contribution in [2.75, 3.05) is 0 Å². The van der Waals surface area contributed by atoms with Crippen LogP contribution < -0.4 is 4.72 Å². The van der Waals surface area contributed by atoms with Crippen LogP contribution in [0.15, 0.2) is 70.1 Å². The summed E-state index contributed by atoms with van der Waals surface area (Å²) in [5, 5.41) is 4.56. The van der Waals surface area contributed by atoms with Gasteiger partial charge in [0.2, 0.25) is 10.0 Å². The maximum Gasteiger partial charge on any atom is 0.217 e. The average Bonchev–Trinajstić information content (AvgIpc) is 3.31. The summed E-state index contributed by atoms with van der Waals surface area (Å²) in [4.78, 5) is 4.32. The second kappa shape index (κ2) is 6.74. The van der Waals surface area contributed by atoms with E-state index in [1.165, 1.54) is 0 Å². The molecule has 0 saturated heterocycles. The van der Waals surface area contributed by atoms with Gasteiger partial charge in [0, 0.05) is 23.7 Å². The predicted octanol–water partition coefficient (Wildman–Crippen LogP) is 3.10. The van der Waals surface area contributed by atoms with Crippen molar-refractivity contribution in [3.05, 3.63) is 72.4 Å². The Morgan fingerprint density at radius 2 is 1.96 bits per heavy atom. The van der Waals surface area contributed by atoms with Crippen LogP contribution in [0.4, 0.5) is 0 Å². The molecule has 0 amide bonds. The minimum atomic E-state index is -3.56. The van der Waals surface area contributed by atoms with E-state index in [0.717, 1.165) is 16.8 Å². The number of furan rings is 1. The molecule has 132 valence electrons. The van der Waals surface area contributed by atoms with Gasteiger partial charge in [-0.05, 0) is 29.8 Å². The van der Waals surface area contributed by atoms with Gasteiger partial charge in [-0.15, -0.1) is 0 Å². The summed E-state index contributed by atoms with van der Waals surface area (Å²) < 4.78 is 37.4. The molecular formula is C18H15N3O4S. The fraction of sp³-hybridized carbons (Fsp3) is 0.111. The summed E-state index contributed by atoms with van der Waals surface area (Å²) in [6.07, 6.45) is 4.82. The van der Waals surface area contributed by atoms with E-state index < -0.39 is 10.0 Å². The Morgan fingerprint density at radius 3 is 2.73 bits per heavy atom. The second-order valence-corrected chi connectivity index (χ2v) is 7.58. The van der Waals surface area contributed by atoms with Crippen molar-refractivity contribution < 1.29 is 17.4 Å². The summed E-state index contributed by atoms with van der Waals surface area (Å²) in [5.41, 5.74) is 3.35. The zero-order valence-corrected chi connectivity index (χ0v) is 14.4. The van der Waals surface area contributed by atoms with Crippen LogP contribution in [-0.4, -0.2) is 18.6 Å². The number of rotatable bonds is 6. The Hall–Kier alpha value is -2.97. The lowest BCUT2D eigenvalue weighted by atomic mass is 10.2. The lowest BCUT2D eigenvalue weighted by molar-refractivity contribution is 0.448. The Bertz CT molecular complexity index is 1120. The number of fused-ring (bicyclic) bond motifs is 1. The molecule has 7 nitrogen and oxygen atoms in total. The number of nitrogens with one attached hydrogen (secondary N) is 1. The van der Waals surface area contributed by atoms with Crippen LogP contribution in [0.5, 0.6) is 0 Å². The van der Waals surface area contributed by atoms with Gasteiger partial charge in [-0.1, -0.05) is 23.4 Å². The van der Waals surface area contributed by atoms with Crippen LogP contribution in [0.25, 0.3) is 22.2 Å². The van der Waals surface area contributed by atoms with E-state index in [0.29, 0.717) is 16.7 Å². The molecule has 8 heteroatoms. The van der Waals surface area contributed by atoms with Crippen molar-refractivity contribution >= 4 is 21.0 Å². The molecule has 1 aromatic carbocycles. The van der Waals surface area contributed by atoms with E-state index >= 15 is 0 Å². The Kier molecular flexibility index (Phi) is 4.27. The molecule has 0 radical (unpaired) electrons. The number of benzene rings is 1. The van der Waals surface area contributed by atoms with Crippen molar-refractivity contribution in [2.24, 2.45) is 0 Å². The Balaban J connectivity index is 1.43. The first-order valence-electron chi connectivity index (χ1n) is 7.89. The van der Waals surface area contributed by atoms with Gasteiger partial charge in [-0.25, -0.2) is 13.1 Å². The summed E-state index contributed by atoms with van der Waals surface area (Å²) in [6.45, 7) is 0.150. The van der Waals surface area contributed by atoms with Crippen LogP contribution >= 0.6 is 0 Å². The molecule has 3 heterocycles. The van der Waals surface area contributed by atoms with E-state index in [1.54, 1.807) is 30.9 Å². The van der Waals surface area contributed by atoms with Gasteiger partial charge >= 0.3 is 0 Å². The Morgan fingerprint density at radius 1 is 1.08 bits per heavy atom. The first-order valence-corrected chi connectivity index (χ1v) is 9.54. The van der Waals surface area contributed by atoms with Crippen LogP contribution in [0.1, 0.15) is 11.3 Å². The van der Waals surface area contributed by atoms with Crippen molar-refractivity contribution in [3.8, 4) is 11.3 Å². The fourth-order valence-electron chi connectivity index (χ4n) is 2.58. The molecule has 4 rings (SSSR count). The van der Waals surface area contributed by atoms with E-state index in [-0.39, 0.29) is 12.3 Å². The van der Waals surface area contributed by atoms with Crippen LogP contribution in [0.2, 0.25) is 0 Å². The minimum absolute atomic E-state index is 0.150. The molecule has 3 aromatic heterocycles. The summed E-state index contributed by atoms with van der Waals surface area (Å²) >= 11 is 0. The molecule has 0 atom stereocenters. The van der Waals surface area contributed by atoms with E-state index in [9.17, 15) is 8.42 Å². The predicted molar refractivity (Wildman–Crippen MR) is 95.4 cm³/mol. The maximum absolute atomic E-state index is 12.3. The second-order valence-electron chi connectivity index (χ2n) is 5.77. The normalized spacial score (nSPS) is 11.8. The third-order valence-electron chi connectivity index (χ3n) is 3.92. The average molecular weight is 369 g/mol. The maximum atomic E-state index is 12.3. The third kappa shape index (κ3) is 3.51. The monoisotopic (exact) mass is 369 g/mol. The highest BCUT2D eigenvalue weighted by atomic mass is 32.2. The smallest absolute Gasteiger partial charge is 0.217 e. The molecule has 0 bridgehead atoms. The standard InChI is InChI=1S/C18H15N3O4S/c22-26(23,12-17-15-3-1-2-4-18(15)25-21-17)20-10-13-5-6-16(19-9-13)14-7-8-24-11-14/h1-9,11,20H,10,12H2. The number of pyridine rings is 1.